The van der Waals surface area contributed by atoms with Gasteiger partial charge >= 0.3 is 0 Å². The molecule has 1 aromatic rings. The number of nitrogens with zero attached hydrogens (tertiary/aromatic N) is 1. The molecule has 0 aromatic heterocycles. The first-order chi connectivity index (χ1) is 9.79. The average molecular weight is 291 g/mol. The Morgan fingerprint density at radius 3 is 2.57 bits per heavy atom. The minimum absolute atomic E-state index is 0.0349. The van der Waals surface area contributed by atoms with E-state index in [0.717, 1.165) is 25.9 Å². The molecular weight excluding hydrogens is 265 g/mol. The maximum atomic E-state index is 13.3. The standard InChI is InChI=1S/C18H26FNO/c1-13-12-14(7-8-16(13)19)17(21)20-10-5-6-15(9-11-20)18(2,3)4/h7-8,12,15H,5-6,9-11H2,1-4H3. The molecule has 2 nitrogen and oxygen atoms in total. The molecule has 3 heteroatoms. The van der Waals surface area contributed by atoms with Gasteiger partial charge in [-0.15, -0.1) is 0 Å². The normalized spacial score (nSPS) is 20.2. The van der Waals surface area contributed by atoms with Crippen LogP contribution in [-0.4, -0.2) is 23.9 Å². The molecule has 1 aromatic carbocycles. The molecule has 21 heavy (non-hydrogen) atoms. The molecule has 0 bridgehead atoms. The summed E-state index contributed by atoms with van der Waals surface area (Å²) in [4.78, 5) is 14.5. The first-order valence-electron chi connectivity index (χ1n) is 7.84. The summed E-state index contributed by atoms with van der Waals surface area (Å²) < 4.78 is 13.3. The molecule has 116 valence electrons. The van der Waals surface area contributed by atoms with Crippen LogP contribution in [0.5, 0.6) is 0 Å². The summed E-state index contributed by atoms with van der Waals surface area (Å²) in [6.45, 7) is 10.1. The second kappa shape index (κ2) is 6.17. The Hall–Kier alpha value is -1.38. The van der Waals surface area contributed by atoms with Crippen molar-refractivity contribution in [1.29, 1.82) is 0 Å². The lowest BCUT2D eigenvalue weighted by Crippen LogP contribution is -2.32. The number of halogens is 1. The maximum Gasteiger partial charge on any atom is 0.253 e. The van der Waals surface area contributed by atoms with Gasteiger partial charge in [-0.3, -0.25) is 4.79 Å². The molecule has 1 aliphatic heterocycles. The van der Waals surface area contributed by atoms with Crippen molar-refractivity contribution in [3.8, 4) is 0 Å². The highest BCUT2D eigenvalue weighted by Gasteiger charge is 2.28. The topological polar surface area (TPSA) is 20.3 Å². The fourth-order valence-corrected chi connectivity index (χ4v) is 3.13. The maximum absolute atomic E-state index is 13.3. The van der Waals surface area contributed by atoms with Gasteiger partial charge in [0.15, 0.2) is 0 Å². The van der Waals surface area contributed by atoms with E-state index in [9.17, 15) is 9.18 Å². The van der Waals surface area contributed by atoms with Crippen LogP contribution in [0.3, 0.4) is 0 Å². The van der Waals surface area contributed by atoms with Crippen molar-refractivity contribution in [1.82, 2.24) is 4.90 Å². The SMILES string of the molecule is Cc1cc(C(=O)N2CCCC(C(C)(C)C)CC2)ccc1F. The summed E-state index contributed by atoms with van der Waals surface area (Å²) in [5.41, 5.74) is 1.43. The molecule has 0 spiro atoms. The van der Waals surface area contributed by atoms with Gasteiger partial charge in [0, 0.05) is 18.7 Å². The van der Waals surface area contributed by atoms with Crippen molar-refractivity contribution >= 4 is 5.91 Å². The number of carbonyl (C=O) groups is 1. The van der Waals surface area contributed by atoms with Crippen LogP contribution in [0.4, 0.5) is 4.39 Å². The van der Waals surface area contributed by atoms with E-state index in [1.165, 1.54) is 12.5 Å². The van der Waals surface area contributed by atoms with E-state index in [2.05, 4.69) is 20.8 Å². The summed E-state index contributed by atoms with van der Waals surface area (Å²) in [5.74, 6) is 0.438. The molecule has 0 saturated carbocycles. The second-order valence-electron chi connectivity index (χ2n) is 7.25. The van der Waals surface area contributed by atoms with Crippen molar-refractivity contribution in [3.63, 3.8) is 0 Å². The van der Waals surface area contributed by atoms with Gasteiger partial charge in [0.1, 0.15) is 5.82 Å². The van der Waals surface area contributed by atoms with E-state index in [0.29, 0.717) is 22.5 Å². The van der Waals surface area contributed by atoms with Gasteiger partial charge < -0.3 is 4.90 Å². The van der Waals surface area contributed by atoms with Crippen molar-refractivity contribution in [2.45, 2.75) is 47.0 Å². The third-order valence-corrected chi connectivity index (χ3v) is 4.64. The van der Waals surface area contributed by atoms with Crippen LogP contribution in [0.1, 0.15) is 56.0 Å². The average Bonchev–Trinajstić information content (AvgIpc) is 2.66. The van der Waals surface area contributed by atoms with E-state index in [-0.39, 0.29) is 11.7 Å². The van der Waals surface area contributed by atoms with Crippen LogP contribution < -0.4 is 0 Å². The number of hydrogen-bond acceptors (Lipinski definition) is 1. The van der Waals surface area contributed by atoms with Gasteiger partial charge in [0.05, 0.1) is 0 Å². The number of benzene rings is 1. The van der Waals surface area contributed by atoms with Crippen molar-refractivity contribution in [2.75, 3.05) is 13.1 Å². The van der Waals surface area contributed by atoms with Crippen LogP contribution in [0, 0.1) is 24.1 Å². The predicted octanol–water partition coefficient (Wildman–Crippen LogP) is 4.42. The minimum Gasteiger partial charge on any atom is -0.339 e. The molecule has 1 fully saturated rings. The zero-order chi connectivity index (χ0) is 15.6. The number of rotatable bonds is 1. The third-order valence-electron chi connectivity index (χ3n) is 4.64. The number of amides is 1. The largest absolute Gasteiger partial charge is 0.339 e. The summed E-state index contributed by atoms with van der Waals surface area (Å²) in [6.07, 6.45) is 3.28. The Kier molecular flexibility index (Phi) is 4.70. The molecule has 0 radical (unpaired) electrons. The Bertz CT molecular complexity index is 518. The van der Waals surface area contributed by atoms with E-state index < -0.39 is 0 Å². The Morgan fingerprint density at radius 1 is 1.24 bits per heavy atom. The van der Waals surface area contributed by atoms with Crippen LogP contribution in [0.25, 0.3) is 0 Å². The Morgan fingerprint density at radius 2 is 1.95 bits per heavy atom. The van der Waals surface area contributed by atoms with Gasteiger partial charge in [0.2, 0.25) is 0 Å². The highest BCUT2D eigenvalue weighted by Crippen LogP contribution is 2.34. The van der Waals surface area contributed by atoms with Gasteiger partial charge in [-0.2, -0.15) is 0 Å². The van der Waals surface area contributed by atoms with Crippen LogP contribution in [0.2, 0.25) is 0 Å². The number of likely N-dealkylation sites (tertiary alicyclic amines) is 1. The molecule has 2 rings (SSSR count). The number of carbonyl (C=O) groups excluding carboxylic acids is 1. The van der Waals surface area contributed by atoms with E-state index >= 15 is 0 Å². The van der Waals surface area contributed by atoms with E-state index in [1.54, 1.807) is 19.1 Å². The predicted molar refractivity (Wildman–Crippen MR) is 83.8 cm³/mol. The summed E-state index contributed by atoms with van der Waals surface area (Å²) >= 11 is 0. The third kappa shape index (κ3) is 3.84. The fraction of sp³-hybridized carbons (Fsp3) is 0.611. The zero-order valence-electron chi connectivity index (χ0n) is 13.6. The fourth-order valence-electron chi connectivity index (χ4n) is 3.13. The smallest absolute Gasteiger partial charge is 0.253 e. The number of hydrogen-bond donors (Lipinski definition) is 0. The van der Waals surface area contributed by atoms with E-state index in [4.69, 9.17) is 0 Å². The van der Waals surface area contributed by atoms with Gasteiger partial charge in [-0.05, 0) is 61.3 Å². The molecule has 0 N–H and O–H groups in total. The zero-order valence-corrected chi connectivity index (χ0v) is 13.6. The summed E-state index contributed by atoms with van der Waals surface area (Å²) in [6, 6.07) is 4.64. The molecule has 0 aliphatic carbocycles. The van der Waals surface area contributed by atoms with Gasteiger partial charge in [-0.1, -0.05) is 20.8 Å². The lowest BCUT2D eigenvalue weighted by molar-refractivity contribution is 0.0755. The highest BCUT2D eigenvalue weighted by molar-refractivity contribution is 5.94. The Labute approximate surface area is 127 Å². The van der Waals surface area contributed by atoms with Crippen molar-refractivity contribution < 1.29 is 9.18 Å². The number of aryl methyl sites for hydroxylation is 1. The van der Waals surface area contributed by atoms with Crippen molar-refractivity contribution in [2.24, 2.45) is 11.3 Å². The first kappa shape index (κ1) is 16.0. The minimum atomic E-state index is -0.254. The monoisotopic (exact) mass is 291 g/mol. The molecular formula is C18H26FNO. The molecule has 1 saturated heterocycles. The molecule has 1 aliphatic rings. The molecule has 1 unspecified atom stereocenters. The molecule has 1 heterocycles. The molecule has 1 atom stereocenters. The van der Waals surface area contributed by atoms with E-state index in [1.807, 2.05) is 4.90 Å². The van der Waals surface area contributed by atoms with Gasteiger partial charge in [0.25, 0.3) is 5.91 Å². The van der Waals surface area contributed by atoms with Gasteiger partial charge in [-0.25, -0.2) is 4.39 Å². The summed E-state index contributed by atoms with van der Waals surface area (Å²) in [7, 11) is 0. The van der Waals surface area contributed by atoms with Crippen LogP contribution in [-0.2, 0) is 0 Å². The molecule has 1 amide bonds. The second-order valence-corrected chi connectivity index (χ2v) is 7.25. The lowest BCUT2D eigenvalue weighted by atomic mass is 9.77. The Balaban J connectivity index is 2.08. The van der Waals surface area contributed by atoms with Crippen molar-refractivity contribution in [3.05, 3.63) is 35.1 Å². The quantitative estimate of drug-likeness (QED) is 0.750. The van der Waals surface area contributed by atoms with Crippen LogP contribution >= 0.6 is 0 Å². The first-order valence-corrected chi connectivity index (χ1v) is 7.84. The van der Waals surface area contributed by atoms with Crippen LogP contribution in [0.15, 0.2) is 18.2 Å². The lowest BCUT2D eigenvalue weighted by Gasteiger charge is -2.29. The summed E-state index contributed by atoms with van der Waals surface area (Å²) in [5, 5.41) is 0. The highest BCUT2D eigenvalue weighted by atomic mass is 19.1.